The van der Waals surface area contributed by atoms with Gasteiger partial charge in [0.05, 0.1) is 10.9 Å². The number of nitrogens with zero attached hydrogens (tertiary/aromatic N) is 4. The monoisotopic (exact) mass is 403 g/mol. The van der Waals surface area contributed by atoms with Gasteiger partial charge in [0, 0.05) is 11.1 Å². The molecule has 1 heterocycles. The second kappa shape index (κ2) is 8.05. The molecule has 3 aromatic carbocycles. The first kappa shape index (κ1) is 19.1. The summed E-state index contributed by atoms with van der Waals surface area (Å²) in [4.78, 5) is 12.8. The maximum absolute atomic E-state index is 12.8. The van der Waals surface area contributed by atoms with E-state index in [4.69, 9.17) is 0 Å². The number of tetrazole rings is 1. The van der Waals surface area contributed by atoms with Crippen LogP contribution in [0.15, 0.2) is 65.8 Å². The van der Waals surface area contributed by atoms with Crippen molar-refractivity contribution in [3.05, 3.63) is 71.8 Å². The summed E-state index contributed by atoms with van der Waals surface area (Å²) in [7, 11) is 0. The van der Waals surface area contributed by atoms with Gasteiger partial charge in [0.25, 0.3) is 0 Å². The zero-order chi connectivity index (χ0) is 20.4. The van der Waals surface area contributed by atoms with E-state index >= 15 is 0 Å². The van der Waals surface area contributed by atoms with E-state index in [1.807, 2.05) is 67.6 Å². The number of benzene rings is 3. The average molecular weight is 404 g/mol. The Labute approximate surface area is 173 Å². The smallest absolute Gasteiger partial charge is 0.237 e. The number of carbonyl (C=O) groups excluding carboxylic acids is 1. The predicted molar refractivity (Wildman–Crippen MR) is 117 cm³/mol. The first-order valence-corrected chi connectivity index (χ1v) is 10.2. The topological polar surface area (TPSA) is 72.7 Å². The van der Waals surface area contributed by atoms with Crippen molar-refractivity contribution < 1.29 is 4.79 Å². The summed E-state index contributed by atoms with van der Waals surface area (Å²) in [6, 6.07) is 19.9. The molecule has 1 amide bonds. The Morgan fingerprint density at radius 1 is 1.03 bits per heavy atom. The van der Waals surface area contributed by atoms with Crippen molar-refractivity contribution in [2.45, 2.75) is 31.2 Å². The highest BCUT2D eigenvalue weighted by Gasteiger charge is 2.20. The molecule has 0 unspecified atom stereocenters. The van der Waals surface area contributed by atoms with Crippen LogP contribution in [-0.2, 0) is 4.79 Å². The Balaban J connectivity index is 1.52. The molecule has 1 atom stereocenters. The molecule has 4 aromatic rings. The lowest BCUT2D eigenvalue weighted by Crippen LogP contribution is -2.23. The van der Waals surface area contributed by atoms with Crippen LogP contribution in [0.2, 0.25) is 0 Å². The molecule has 0 fully saturated rings. The van der Waals surface area contributed by atoms with E-state index in [0.29, 0.717) is 5.16 Å². The fourth-order valence-corrected chi connectivity index (χ4v) is 3.86. The molecule has 0 spiro atoms. The first-order chi connectivity index (χ1) is 14.0. The number of fused-ring (bicyclic) bond motifs is 1. The highest BCUT2D eigenvalue weighted by atomic mass is 32.2. The van der Waals surface area contributed by atoms with Crippen LogP contribution in [0.3, 0.4) is 0 Å². The van der Waals surface area contributed by atoms with Gasteiger partial charge in [0.1, 0.15) is 0 Å². The lowest BCUT2D eigenvalue weighted by atomic mass is 10.1. The van der Waals surface area contributed by atoms with Gasteiger partial charge < -0.3 is 5.32 Å². The number of carbonyl (C=O) groups is 1. The van der Waals surface area contributed by atoms with E-state index in [0.717, 1.165) is 27.7 Å². The van der Waals surface area contributed by atoms with Crippen LogP contribution in [0.4, 0.5) is 5.69 Å². The zero-order valence-electron chi connectivity index (χ0n) is 16.5. The molecule has 0 bridgehead atoms. The molecular weight excluding hydrogens is 382 g/mol. The van der Waals surface area contributed by atoms with Crippen LogP contribution in [0.1, 0.15) is 18.1 Å². The fourth-order valence-electron chi connectivity index (χ4n) is 3.05. The molecule has 6 nitrogen and oxygen atoms in total. The maximum Gasteiger partial charge on any atom is 0.237 e. The molecule has 1 N–H and O–H groups in total. The van der Waals surface area contributed by atoms with Crippen LogP contribution in [0.25, 0.3) is 16.5 Å². The van der Waals surface area contributed by atoms with E-state index < -0.39 is 0 Å². The molecule has 4 rings (SSSR count). The lowest BCUT2D eigenvalue weighted by molar-refractivity contribution is -0.115. The summed E-state index contributed by atoms with van der Waals surface area (Å²) >= 11 is 1.33. The Hall–Kier alpha value is -3.19. The molecule has 146 valence electrons. The number of hydrogen-bond acceptors (Lipinski definition) is 5. The van der Waals surface area contributed by atoms with E-state index in [9.17, 15) is 4.79 Å². The van der Waals surface area contributed by atoms with E-state index in [-0.39, 0.29) is 11.2 Å². The van der Waals surface area contributed by atoms with Gasteiger partial charge in [-0.05, 0) is 65.9 Å². The molecule has 0 aliphatic heterocycles. The fraction of sp³-hybridized carbons (Fsp3) is 0.182. The third kappa shape index (κ3) is 4.00. The predicted octanol–water partition coefficient (Wildman–Crippen LogP) is 4.55. The lowest BCUT2D eigenvalue weighted by Gasteiger charge is -2.13. The maximum atomic E-state index is 12.8. The largest absolute Gasteiger partial charge is 0.325 e. The van der Waals surface area contributed by atoms with Crippen molar-refractivity contribution in [2.24, 2.45) is 0 Å². The first-order valence-electron chi connectivity index (χ1n) is 9.34. The second-order valence-corrected chi connectivity index (χ2v) is 8.23. The summed E-state index contributed by atoms with van der Waals surface area (Å²) in [5.41, 5.74) is 4.05. The minimum Gasteiger partial charge on any atom is -0.325 e. The Morgan fingerprint density at radius 3 is 2.66 bits per heavy atom. The molecule has 0 radical (unpaired) electrons. The molecular formula is C22H21N5OS. The second-order valence-electron chi connectivity index (χ2n) is 6.92. The molecule has 0 aliphatic rings. The number of thioether (sulfide) groups is 1. The van der Waals surface area contributed by atoms with Gasteiger partial charge in [-0.3, -0.25) is 4.79 Å². The van der Waals surface area contributed by atoms with Crippen molar-refractivity contribution in [3.8, 4) is 5.69 Å². The number of aryl methyl sites for hydroxylation is 2. The van der Waals surface area contributed by atoms with Crippen molar-refractivity contribution in [1.29, 1.82) is 0 Å². The summed E-state index contributed by atoms with van der Waals surface area (Å²) in [5.74, 6) is -0.0963. The third-order valence-corrected chi connectivity index (χ3v) is 5.91. The van der Waals surface area contributed by atoms with Gasteiger partial charge in [-0.15, -0.1) is 5.10 Å². The quantitative estimate of drug-likeness (QED) is 0.495. The van der Waals surface area contributed by atoms with E-state index in [1.54, 1.807) is 4.68 Å². The minimum atomic E-state index is -0.370. The third-order valence-electron chi connectivity index (χ3n) is 4.87. The molecule has 0 saturated carbocycles. The highest BCUT2D eigenvalue weighted by Crippen LogP contribution is 2.27. The molecule has 29 heavy (non-hydrogen) atoms. The summed E-state index contributed by atoms with van der Waals surface area (Å²) in [5, 5.41) is 17.3. The summed E-state index contributed by atoms with van der Waals surface area (Å²) in [6.45, 7) is 5.97. The standard InChI is InChI=1S/C22H21N5OS/c1-14-11-12-18(13-15(14)2)27-22(24-25-26-27)29-16(3)21(28)23-20-10-6-8-17-7-4-5-9-19(17)20/h4-13,16H,1-3H3,(H,23,28)/t16-/m0/s1. The Morgan fingerprint density at radius 2 is 1.83 bits per heavy atom. The molecule has 0 saturated heterocycles. The van der Waals surface area contributed by atoms with Crippen LogP contribution in [0.5, 0.6) is 0 Å². The van der Waals surface area contributed by atoms with Crippen molar-refractivity contribution in [2.75, 3.05) is 5.32 Å². The Bertz CT molecular complexity index is 1180. The summed E-state index contributed by atoms with van der Waals surface area (Å²) in [6.07, 6.45) is 0. The highest BCUT2D eigenvalue weighted by molar-refractivity contribution is 8.00. The van der Waals surface area contributed by atoms with Gasteiger partial charge in [0.2, 0.25) is 11.1 Å². The van der Waals surface area contributed by atoms with E-state index in [1.165, 1.54) is 17.3 Å². The van der Waals surface area contributed by atoms with Gasteiger partial charge in [-0.2, -0.15) is 4.68 Å². The van der Waals surface area contributed by atoms with Crippen LogP contribution < -0.4 is 5.32 Å². The van der Waals surface area contributed by atoms with Crippen molar-refractivity contribution in [3.63, 3.8) is 0 Å². The SMILES string of the molecule is Cc1ccc(-n2nnnc2S[C@@H](C)C(=O)Nc2cccc3ccccc23)cc1C. The van der Waals surface area contributed by atoms with Gasteiger partial charge >= 0.3 is 0 Å². The number of anilines is 1. The van der Waals surface area contributed by atoms with Crippen LogP contribution in [0, 0.1) is 13.8 Å². The molecule has 1 aromatic heterocycles. The van der Waals surface area contributed by atoms with Gasteiger partial charge in [0.15, 0.2) is 0 Å². The normalized spacial score (nSPS) is 12.1. The summed E-state index contributed by atoms with van der Waals surface area (Å²) < 4.78 is 1.67. The molecule has 0 aliphatic carbocycles. The van der Waals surface area contributed by atoms with Crippen LogP contribution in [-0.4, -0.2) is 31.4 Å². The average Bonchev–Trinajstić information content (AvgIpc) is 3.18. The number of aromatic nitrogens is 4. The molecule has 7 heteroatoms. The number of rotatable bonds is 5. The van der Waals surface area contributed by atoms with Gasteiger partial charge in [-0.1, -0.05) is 54.2 Å². The van der Waals surface area contributed by atoms with Crippen molar-refractivity contribution >= 4 is 34.1 Å². The number of nitrogens with one attached hydrogen (secondary N) is 1. The minimum absolute atomic E-state index is 0.0963. The number of amides is 1. The van der Waals surface area contributed by atoms with Crippen LogP contribution >= 0.6 is 11.8 Å². The van der Waals surface area contributed by atoms with Crippen molar-refractivity contribution in [1.82, 2.24) is 20.2 Å². The Kier molecular flexibility index (Phi) is 5.31. The number of hydrogen-bond donors (Lipinski definition) is 1. The van der Waals surface area contributed by atoms with E-state index in [2.05, 4.69) is 34.7 Å². The van der Waals surface area contributed by atoms with Gasteiger partial charge in [-0.25, -0.2) is 0 Å². The zero-order valence-corrected chi connectivity index (χ0v) is 17.3.